The molecule has 0 saturated heterocycles. The van der Waals surface area contributed by atoms with Crippen LogP contribution in [0.25, 0.3) is 5.57 Å². The van der Waals surface area contributed by atoms with Gasteiger partial charge in [0.25, 0.3) is 0 Å². The second-order valence-corrected chi connectivity index (χ2v) is 4.81. The van der Waals surface area contributed by atoms with Gasteiger partial charge in [0.05, 0.1) is 0 Å². The van der Waals surface area contributed by atoms with E-state index in [2.05, 4.69) is 77.4 Å². The molecular weight excluding hydrogens is 274 g/mol. The Hall–Kier alpha value is -1.28. The van der Waals surface area contributed by atoms with Crippen molar-refractivity contribution in [1.29, 1.82) is 0 Å². The highest BCUT2D eigenvalue weighted by atomic mass is 79.9. The lowest BCUT2D eigenvalue weighted by Gasteiger charge is -2.09. The molecule has 0 bridgehead atoms. The van der Waals surface area contributed by atoms with Gasteiger partial charge in [-0.25, -0.2) is 0 Å². The van der Waals surface area contributed by atoms with Crippen molar-refractivity contribution in [2.75, 3.05) is 0 Å². The SMILES string of the molecule is C=C(c1ccc(C)cc1)c1ccc(CBr)n1C. The molecule has 0 aliphatic heterocycles. The number of hydrogen-bond acceptors (Lipinski definition) is 0. The Balaban J connectivity index is 2.37. The van der Waals surface area contributed by atoms with Crippen molar-refractivity contribution >= 4 is 21.5 Å². The summed E-state index contributed by atoms with van der Waals surface area (Å²) in [5.41, 5.74) is 5.95. The van der Waals surface area contributed by atoms with Crippen LogP contribution in [0.15, 0.2) is 43.0 Å². The molecule has 0 atom stereocenters. The monoisotopic (exact) mass is 289 g/mol. The van der Waals surface area contributed by atoms with E-state index >= 15 is 0 Å². The Kier molecular flexibility index (Phi) is 3.53. The summed E-state index contributed by atoms with van der Waals surface area (Å²) in [6.45, 7) is 6.29. The Morgan fingerprint density at radius 1 is 1.18 bits per heavy atom. The Bertz CT molecular complexity index is 535. The van der Waals surface area contributed by atoms with Crippen LogP contribution < -0.4 is 0 Å². The quantitative estimate of drug-likeness (QED) is 0.743. The van der Waals surface area contributed by atoms with Gasteiger partial charge >= 0.3 is 0 Å². The van der Waals surface area contributed by atoms with E-state index in [4.69, 9.17) is 0 Å². The molecule has 2 heteroatoms. The van der Waals surface area contributed by atoms with E-state index in [1.54, 1.807) is 0 Å². The van der Waals surface area contributed by atoms with Crippen LogP contribution in [0.4, 0.5) is 0 Å². The molecule has 1 aromatic heterocycles. The molecule has 2 rings (SSSR count). The highest BCUT2D eigenvalue weighted by Gasteiger charge is 2.08. The maximum Gasteiger partial charge on any atom is 0.0480 e. The molecule has 1 nitrogen and oxygen atoms in total. The van der Waals surface area contributed by atoms with Crippen molar-refractivity contribution in [2.24, 2.45) is 7.05 Å². The molecule has 2 aromatic rings. The number of alkyl halides is 1. The second kappa shape index (κ2) is 4.92. The minimum atomic E-state index is 0.866. The van der Waals surface area contributed by atoms with Gasteiger partial charge in [0.2, 0.25) is 0 Å². The van der Waals surface area contributed by atoms with E-state index in [0.29, 0.717) is 0 Å². The van der Waals surface area contributed by atoms with Crippen molar-refractivity contribution in [3.63, 3.8) is 0 Å². The topological polar surface area (TPSA) is 4.93 Å². The second-order valence-electron chi connectivity index (χ2n) is 4.25. The van der Waals surface area contributed by atoms with E-state index in [9.17, 15) is 0 Å². The number of halogens is 1. The number of aryl methyl sites for hydroxylation is 1. The van der Waals surface area contributed by atoms with Crippen LogP contribution in [0.2, 0.25) is 0 Å². The smallest absolute Gasteiger partial charge is 0.0480 e. The van der Waals surface area contributed by atoms with Crippen LogP contribution in [-0.4, -0.2) is 4.57 Å². The van der Waals surface area contributed by atoms with E-state index in [-0.39, 0.29) is 0 Å². The molecule has 0 unspecified atom stereocenters. The number of benzene rings is 1. The third-order valence-electron chi connectivity index (χ3n) is 3.07. The lowest BCUT2D eigenvalue weighted by Crippen LogP contribution is -1.99. The molecule has 0 aliphatic rings. The van der Waals surface area contributed by atoms with Crippen LogP contribution in [0.3, 0.4) is 0 Å². The molecule has 0 spiro atoms. The van der Waals surface area contributed by atoms with Gasteiger partial charge in [0.1, 0.15) is 0 Å². The van der Waals surface area contributed by atoms with Gasteiger partial charge in [-0.3, -0.25) is 0 Å². The van der Waals surface area contributed by atoms with Gasteiger partial charge in [0.15, 0.2) is 0 Å². The average Bonchev–Trinajstić information content (AvgIpc) is 2.70. The van der Waals surface area contributed by atoms with Crippen molar-refractivity contribution in [1.82, 2.24) is 4.57 Å². The molecular formula is C15H16BrN. The summed E-state index contributed by atoms with van der Waals surface area (Å²) in [7, 11) is 2.07. The van der Waals surface area contributed by atoms with E-state index < -0.39 is 0 Å². The predicted molar refractivity (Wildman–Crippen MR) is 77.4 cm³/mol. The van der Waals surface area contributed by atoms with Crippen molar-refractivity contribution in [3.05, 3.63) is 65.5 Å². The van der Waals surface area contributed by atoms with Crippen LogP contribution in [0, 0.1) is 6.92 Å². The largest absolute Gasteiger partial charge is 0.347 e. The Labute approximate surface area is 111 Å². The highest BCUT2D eigenvalue weighted by molar-refractivity contribution is 9.08. The molecule has 17 heavy (non-hydrogen) atoms. The van der Waals surface area contributed by atoms with Gasteiger partial charge in [-0.2, -0.15) is 0 Å². The Morgan fingerprint density at radius 2 is 1.82 bits per heavy atom. The normalized spacial score (nSPS) is 10.5. The van der Waals surface area contributed by atoms with Crippen molar-refractivity contribution in [2.45, 2.75) is 12.3 Å². The standard InChI is InChI=1S/C15H16BrN/c1-11-4-6-13(7-5-11)12(2)15-9-8-14(10-16)17(15)3/h4-9H,2,10H2,1,3H3. The van der Waals surface area contributed by atoms with Crippen LogP contribution in [0.5, 0.6) is 0 Å². The van der Waals surface area contributed by atoms with E-state index in [0.717, 1.165) is 10.9 Å². The summed E-state index contributed by atoms with van der Waals surface area (Å²) < 4.78 is 2.18. The van der Waals surface area contributed by atoms with Crippen molar-refractivity contribution in [3.8, 4) is 0 Å². The zero-order valence-electron chi connectivity index (χ0n) is 10.2. The minimum absolute atomic E-state index is 0.866. The first-order chi connectivity index (χ1) is 8.13. The van der Waals surface area contributed by atoms with Crippen molar-refractivity contribution < 1.29 is 0 Å². The first kappa shape index (κ1) is 12.2. The fourth-order valence-corrected chi connectivity index (χ4v) is 2.46. The van der Waals surface area contributed by atoms with Gasteiger partial charge < -0.3 is 4.57 Å². The number of nitrogens with zero attached hydrogens (tertiary/aromatic N) is 1. The highest BCUT2D eigenvalue weighted by Crippen LogP contribution is 2.24. The minimum Gasteiger partial charge on any atom is -0.347 e. The fourth-order valence-electron chi connectivity index (χ4n) is 1.89. The lowest BCUT2D eigenvalue weighted by molar-refractivity contribution is 0.863. The van der Waals surface area contributed by atoms with E-state index in [1.165, 1.54) is 22.5 Å². The third kappa shape index (κ3) is 2.37. The average molecular weight is 290 g/mol. The first-order valence-corrected chi connectivity index (χ1v) is 6.72. The number of aromatic nitrogens is 1. The summed E-state index contributed by atoms with van der Waals surface area (Å²) >= 11 is 3.49. The summed E-state index contributed by atoms with van der Waals surface area (Å²) in [5.74, 6) is 0. The summed E-state index contributed by atoms with van der Waals surface area (Å²) in [4.78, 5) is 0. The number of rotatable bonds is 3. The van der Waals surface area contributed by atoms with E-state index in [1.807, 2.05) is 0 Å². The summed E-state index contributed by atoms with van der Waals surface area (Å²) in [6.07, 6.45) is 0. The van der Waals surface area contributed by atoms with Gasteiger partial charge in [0, 0.05) is 23.8 Å². The van der Waals surface area contributed by atoms with Gasteiger partial charge in [-0.15, -0.1) is 0 Å². The summed E-state index contributed by atoms with van der Waals surface area (Å²) in [6, 6.07) is 12.7. The van der Waals surface area contributed by atoms with Gasteiger partial charge in [-0.1, -0.05) is 52.3 Å². The molecule has 0 fully saturated rings. The maximum atomic E-state index is 4.20. The first-order valence-electron chi connectivity index (χ1n) is 5.60. The lowest BCUT2D eigenvalue weighted by atomic mass is 10.0. The van der Waals surface area contributed by atoms with Gasteiger partial charge in [-0.05, 0) is 30.2 Å². The molecule has 88 valence electrons. The molecule has 1 heterocycles. The maximum absolute atomic E-state index is 4.20. The Morgan fingerprint density at radius 3 is 2.35 bits per heavy atom. The zero-order chi connectivity index (χ0) is 12.4. The molecule has 0 amide bonds. The van der Waals surface area contributed by atoms with Crippen LogP contribution >= 0.6 is 15.9 Å². The molecule has 0 N–H and O–H groups in total. The predicted octanol–water partition coefficient (Wildman–Crippen LogP) is 4.29. The molecule has 0 saturated carbocycles. The molecule has 1 aromatic carbocycles. The molecule has 0 radical (unpaired) electrons. The third-order valence-corrected chi connectivity index (χ3v) is 3.65. The number of hydrogen-bond donors (Lipinski definition) is 0. The summed E-state index contributed by atoms with van der Waals surface area (Å²) in [5, 5.41) is 0.866. The molecule has 0 aliphatic carbocycles. The zero-order valence-corrected chi connectivity index (χ0v) is 11.8. The van der Waals surface area contributed by atoms with Crippen LogP contribution in [0.1, 0.15) is 22.5 Å². The fraction of sp³-hybridized carbons (Fsp3) is 0.200. The van der Waals surface area contributed by atoms with Crippen LogP contribution in [-0.2, 0) is 12.4 Å².